The standard InChI is InChI=1S/C14H13N3O6/c18-13(5-6-15-7-8-16(10-15)14(19)20)23-9-11-1-3-12(4-2-11)17(21)22/h1-4,7-8,10H,5-6,9H2. The van der Waals surface area contributed by atoms with Crippen LogP contribution in [-0.4, -0.2) is 21.6 Å². The molecule has 2 aromatic rings. The number of hydrogen-bond donors (Lipinski definition) is 0. The molecule has 9 nitrogen and oxygen atoms in total. The SMILES string of the molecule is O=C(CCn1cc[n+](C(=O)[O-])c1)OCc1ccc([N+](=O)[O-])cc1. The Morgan fingerprint density at radius 2 is 1.96 bits per heavy atom. The Hall–Kier alpha value is -3.23. The van der Waals surface area contributed by atoms with E-state index >= 15 is 0 Å². The Morgan fingerprint density at radius 3 is 2.52 bits per heavy atom. The van der Waals surface area contributed by atoms with E-state index in [4.69, 9.17) is 4.74 Å². The molecule has 0 fully saturated rings. The summed E-state index contributed by atoms with van der Waals surface area (Å²) in [5.74, 6) is -0.461. The lowest BCUT2D eigenvalue weighted by molar-refractivity contribution is -0.630. The predicted molar refractivity (Wildman–Crippen MR) is 72.9 cm³/mol. The summed E-state index contributed by atoms with van der Waals surface area (Å²) in [5, 5.41) is 21.1. The van der Waals surface area contributed by atoms with Crippen LogP contribution in [0.1, 0.15) is 12.0 Å². The molecule has 0 N–H and O–H groups in total. The number of ether oxygens (including phenoxy) is 1. The van der Waals surface area contributed by atoms with E-state index in [0.717, 1.165) is 4.57 Å². The second-order valence-corrected chi connectivity index (χ2v) is 4.66. The van der Waals surface area contributed by atoms with Crippen LogP contribution in [0.5, 0.6) is 0 Å². The van der Waals surface area contributed by atoms with Gasteiger partial charge in [0.1, 0.15) is 25.5 Å². The summed E-state index contributed by atoms with van der Waals surface area (Å²) in [4.78, 5) is 32.2. The van der Waals surface area contributed by atoms with E-state index in [1.165, 1.54) is 47.6 Å². The number of nitro groups is 1. The van der Waals surface area contributed by atoms with Crippen LogP contribution in [0.15, 0.2) is 43.0 Å². The van der Waals surface area contributed by atoms with E-state index in [2.05, 4.69) is 0 Å². The van der Waals surface area contributed by atoms with Gasteiger partial charge in [-0.2, -0.15) is 4.57 Å². The first-order valence-corrected chi connectivity index (χ1v) is 6.63. The average Bonchev–Trinajstić information content (AvgIpc) is 3.00. The molecule has 0 amide bonds. The maximum atomic E-state index is 11.6. The number of esters is 1. The maximum absolute atomic E-state index is 11.6. The first-order chi connectivity index (χ1) is 11.0. The van der Waals surface area contributed by atoms with Crippen LogP contribution in [0.3, 0.4) is 0 Å². The fourth-order valence-electron chi connectivity index (χ4n) is 1.80. The highest BCUT2D eigenvalue weighted by molar-refractivity contribution is 5.69. The van der Waals surface area contributed by atoms with Gasteiger partial charge in [-0.3, -0.25) is 14.9 Å². The Kier molecular flexibility index (Phi) is 5.03. The summed E-state index contributed by atoms with van der Waals surface area (Å²) in [6.07, 6.45) is 2.80. The summed E-state index contributed by atoms with van der Waals surface area (Å²) in [6.45, 7) is 0.279. The molecule has 23 heavy (non-hydrogen) atoms. The number of aromatic nitrogens is 2. The molecular formula is C14H13N3O6. The van der Waals surface area contributed by atoms with Gasteiger partial charge >= 0.3 is 5.97 Å². The molecule has 0 atom stereocenters. The highest BCUT2D eigenvalue weighted by Crippen LogP contribution is 2.12. The van der Waals surface area contributed by atoms with Gasteiger partial charge in [0.25, 0.3) is 5.69 Å². The Balaban J connectivity index is 1.78. The Labute approximate surface area is 130 Å². The van der Waals surface area contributed by atoms with Crippen molar-refractivity contribution in [1.82, 2.24) is 4.57 Å². The van der Waals surface area contributed by atoms with Crippen molar-refractivity contribution in [2.45, 2.75) is 19.6 Å². The van der Waals surface area contributed by atoms with Gasteiger partial charge in [-0.25, -0.2) is 4.57 Å². The minimum atomic E-state index is -1.36. The Bertz CT molecular complexity index is 722. The fraction of sp³-hybridized carbons (Fsp3) is 0.214. The molecule has 1 heterocycles. The van der Waals surface area contributed by atoms with Gasteiger partial charge in [-0.1, -0.05) is 0 Å². The molecule has 0 bridgehead atoms. The van der Waals surface area contributed by atoms with Crippen LogP contribution in [0.25, 0.3) is 0 Å². The third-order valence-corrected chi connectivity index (χ3v) is 3.02. The molecule has 0 saturated heterocycles. The number of aryl methyl sites for hydroxylation is 1. The van der Waals surface area contributed by atoms with Gasteiger partial charge in [0, 0.05) is 12.1 Å². The molecule has 1 aromatic heterocycles. The summed E-state index contributed by atoms with van der Waals surface area (Å²) in [6, 6.07) is 5.70. The smallest absolute Gasteiger partial charge is 0.310 e. The predicted octanol–water partition coefficient (Wildman–Crippen LogP) is 0.00870. The van der Waals surface area contributed by atoms with Crippen molar-refractivity contribution >= 4 is 17.7 Å². The normalized spacial score (nSPS) is 10.3. The lowest BCUT2D eigenvalue weighted by atomic mass is 10.2. The van der Waals surface area contributed by atoms with Gasteiger partial charge in [0.2, 0.25) is 12.4 Å². The number of nitro benzene ring substituents is 1. The fourth-order valence-corrected chi connectivity index (χ4v) is 1.80. The van der Waals surface area contributed by atoms with E-state index < -0.39 is 17.0 Å². The highest BCUT2D eigenvalue weighted by atomic mass is 16.6. The van der Waals surface area contributed by atoms with Crippen molar-refractivity contribution in [3.05, 3.63) is 58.7 Å². The highest BCUT2D eigenvalue weighted by Gasteiger charge is 2.10. The number of benzene rings is 1. The van der Waals surface area contributed by atoms with E-state index in [1.807, 2.05) is 0 Å². The number of rotatable bonds is 6. The molecule has 0 spiro atoms. The van der Waals surface area contributed by atoms with Crippen molar-refractivity contribution in [3.63, 3.8) is 0 Å². The zero-order chi connectivity index (χ0) is 16.8. The zero-order valence-corrected chi connectivity index (χ0v) is 12.0. The van der Waals surface area contributed by atoms with Crippen LogP contribution in [0.2, 0.25) is 0 Å². The van der Waals surface area contributed by atoms with Crippen molar-refractivity contribution in [2.75, 3.05) is 0 Å². The van der Waals surface area contributed by atoms with Crippen molar-refractivity contribution in [3.8, 4) is 0 Å². The van der Waals surface area contributed by atoms with E-state index in [0.29, 0.717) is 5.56 Å². The molecule has 0 radical (unpaired) electrons. The third-order valence-electron chi connectivity index (χ3n) is 3.02. The lowest BCUT2D eigenvalue weighted by Gasteiger charge is -2.04. The maximum Gasteiger partial charge on any atom is 0.310 e. The third kappa shape index (κ3) is 4.63. The van der Waals surface area contributed by atoms with Crippen LogP contribution in [0, 0.1) is 10.1 Å². The molecule has 0 unspecified atom stereocenters. The molecule has 0 aliphatic heterocycles. The zero-order valence-electron chi connectivity index (χ0n) is 12.0. The number of hydrogen-bond acceptors (Lipinski definition) is 6. The van der Waals surface area contributed by atoms with Gasteiger partial charge in [0.05, 0.1) is 11.3 Å². The van der Waals surface area contributed by atoms with Crippen LogP contribution < -0.4 is 9.67 Å². The van der Waals surface area contributed by atoms with Crippen molar-refractivity contribution in [1.29, 1.82) is 0 Å². The first-order valence-electron chi connectivity index (χ1n) is 6.63. The minimum absolute atomic E-state index is 0.0154. The lowest BCUT2D eigenvalue weighted by Crippen LogP contribution is -2.50. The van der Waals surface area contributed by atoms with Gasteiger partial charge in [-0.15, -0.1) is 0 Å². The molecule has 0 aliphatic carbocycles. The van der Waals surface area contributed by atoms with Crippen LogP contribution in [0.4, 0.5) is 10.5 Å². The Morgan fingerprint density at radius 1 is 1.26 bits per heavy atom. The summed E-state index contributed by atoms with van der Waals surface area (Å²) < 4.78 is 7.43. The molecule has 2 rings (SSSR count). The molecule has 120 valence electrons. The summed E-state index contributed by atoms with van der Waals surface area (Å²) in [5.41, 5.74) is 0.605. The topological polar surface area (TPSA) is 118 Å². The number of carboxylic acid groups (broad SMARTS) is 1. The number of carbonyl (C=O) groups is 2. The largest absolute Gasteiger partial charge is 0.510 e. The molecule has 9 heteroatoms. The van der Waals surface area contributed by atoms with Crippen molar-refractivity contribution in [2.24, 2.45) is 0 Å². The first kappa shape index (κ1) is 16.1. The van der Waals surface area contributed by atoms with Crippen LogP contribution >= 0.6 is 0 Å². The summed E-state index contributed by atoms with van der Waals surface area (Å²) in [7, 11) is 0. The number of carbonyl (C=O) groups excluding carboxylic acids is 2. The number of non-ortho nitro benzene ring substituents is 1. The van der Waals surface area contributed by atoms with E-state index in [-0.39, 0.29) is 25.3 Å². The average molecular weight is 319 g/mol. The summed E-state index contributed by atoms with van der Waals surface area (Å²) >= 11 is 0. The second kappa shape index (κ2) is 7.16. The van der Waals surface area contributed by atoms with E-state index in [9.17, 15) is 24.8 Å². The molecule has 0 aliphatic rings. The quantitative estimate of drug-likeness (QED) is 0.320. The van der Waals surface area contributed by atoms with Gasteiger partial charge in [0.15, 0.2) is 0 Å². The monoisotopic (exact) mass is 319 g/mol. The number of nitrogens with zero attached hydrogens (tertiary/aromatic N) is 3. The van der Waals surface area contributed by atoms with Crippen LogP contribution in [-0.2, 0) is 22.7 Å². The van der Waals surface area contributed by atoms with E-state index in [1.54, 1.807) is 0 Å². The van der Waals surface area contributed by atoms with Gasteiger partial charge in [-0.05, 0) is 17.7 Å². The number of imidazole rings is 1. The molecular weight excluding hydrogens is 306 g/mol. The van der Waals surface area contributed by atoms with Crippen molar-refractivity contribution < 1.29 is 28.9 Å². The second-order valence-electron chi connectivity index (χ2n) is 4.66. The minimum Gasteiger partial charge on any atom is -0.510 e. The van der Waals surface area contributed by atoms with Gasteiger partial charge < -0.3 is 14.6 Å². The molecule has 1 aromatic carbocycles. The molecule has 0 saturated carbocycles.